The van der Waals surface area contributed by atoms with Gasteiger partial charge in [0.1, 0.15) is 11.6 Å². The third-order valence-corrected chi connectivity index (χ3v) is 3.31. The molecule has 1 aliphatic rings. The summed E-state index contributed by atoms with van der Waals surface area (Å²) >= 11 is 0. The largest absolute Gasteiger partial charge is 0.373 e. The predicted molar refractivity (Wildman–Crippen MR) is 70.8 cm³/mol. The van der Waals surface area contributed by atoms with Crippen LogP contribution in [-0.4, -0.2) is 23.5 Å². The fraction of sp³-hybridized carbons (Fsp3) is 0.583. The highest BCUT2D eigenvalue weighted by Crippen LogP contribution is 2.36. The standard InChI is InChI=1S/C12H18N4O2/c1-8(9-3-4-9)7-14-12-6-10(16(17)18)5-11(13-2)15-12/h5-6,8-9H,3-4,7H2,1-2H3,(H2,13,14,15). The molecule has 18 heavy (non-hydrogen) atoms. The summed E-state index contributed by atoms with van der Waals surface area (Å²) in [4.78, 5) is 14.7. The van der Waals surface area contributed by atoms with Gasteiger partial charge in [-0.2, -0.15) is 0 Å². The minimum Gasteiger partial charge on any atom is -0.373 e. The zero-order valence-corrected chi connectivity index (χ0v) is 10.6. The molecule has 0 saturated heterocycles. The molecule has 2 N–H and O–H groups in total. The summed E-state index contributed by atoms with van der Waals surface area (Å²) in [6, 6.07) is 2.90. The lowest BCUT2D eigenvalue weighted by Crippen LogP contribution is -2.14. The number of aromatic nitrogens is 1. The molecule has 1 saturated carbocycles. The van der Waals surface area contributed by atoms with E-state index in [1.807, 2.05) is 0 Å². The number of anilines is 2. The first-order chi connectivity index (χ1) is 8.60. The molecule has 98 valence electrons. The highest BCUT2D eigenvalue weighted by molar-refractivity contribution is 5.54. The maximum absolute atomic E-state index is 10.8. The SMILES string of the molecule is CNc1cc([N+](=O)[O-])cc(NCC(C)C2CC2)n1. The fourth-order valence-electron chi connectivity index (χ4n) is 1.94. The molecule has 1 unspecified atom stereocenters. The van der Waals surface area contributed by atoms with E-state index in [1.165, 1.54) is 25.0 Å². The lowest BCUT2D eigenvalue weighted by Gasteiger charge is -2.12. The Kier molecular flexibility index (Phi) is 3.64. The Morgan fingerprint density at radius 3 is 2.72 bits per heavy atom. The monoisotopic (exact) mass is 250 g/mol. The molecule has 1 aromatic heterocycles. The van der Waals surface area contributed by atoms with Gasteiger partial charge >= 0.3 is 0 Å². The third kappa shape index (κ3) is 3.09. The van der Waals surface area contributed by atoms with Crippen LogP contribution in [0.2, 0.25) is 0 Å². The second-order valence-corrected chi connectivity index (χ2v) is 4.80. The topological polar surface area (TPSA) is 80.1 Å². The Morgan fingerprint density at radius 1 is 1.50 bits per heavy atom. The van der Waals surface area contributed by atoms with E-state index in [4.69, 9.17) is 0 Å². The number of nitro groups is 1. The molecular weight excluding hydrogens is 232 g/mol. The van der Waals surface area contributed by atoms with E-state index in [-0.39, 0.29) is 5.69 Å². The van der Waals surface area contributed by atoms with Gasteiger partial charge in [0.05, 0.1) is 17.1 Å². The molecule has 1 aliphatic carbocycles. The van der Waals surface area contributed by atoms with Crippen molar-refractivity contribution in [3.8, 4) is 0 Å². The molecule has 0 aromatic carbocycles. The van der Waals surface area contributed by atoms with Gasteiger partial charge in [-0.3, -0.25) is 10.1 Å². The van der Waals surface area contributed by atoms with Gasteiger partial charge in [0, 0.05) is 13.6 Å². The van der Waals surface area contributed by atoms with Gasteiger partial charge in [0.25, 0.3) is 5.69 Å². The van der Waals surface area contributed by atoms with Crippen LogP contribution in [0.15, 0.2) is 12.1 Å². The molecule has 0 aliphatic heterocycles. The average molecular weight is 250 g/mol. The van der Waals surface area contributed by atoms with Crippen molar-refractivity contribution in [1.29, 1.82) is 0 Å². The Labute approximate surface area is 106 Å². The molecular formula is C12H18N4O2. The first-order valence-electron chi connectivity index (χ1n) is 6.18. The van der Waals surface area contributed by atoms with Gasteiger partial charge in [0.15, 0.2) is 0 Å². The first kappa shape index (κ1) is 12.6. The van der Waals surface area contributed by atoms with E-state index in [9.17, 15) is 10.1 Å². The average Bonchev–Trinajstić information content (AvgIpc) is 3.19. The van der Waals surface area contributed by atoms with Gasteiger partial charge in [-0.05, 0) is 24.7 Å². The Balaban J connectivity index is 2.05. The van der Waals surface area contributed by atoms with Crippen molar-refractivity contribution in [2.75, 3.05) is 24.2 Å². The maximum Gasteiger partial charge on any atom is 0.276 e. The number of nitrogens with one attached hydrogen (secondary N) is 2. The van der Waals surface area contributed by atoms with Crippen LogP contribution in [0, 0.1) is 22.0 Å². The minimum atomic E-state index is -0.405. The van der Waals surface area contributed by atoms with Crippen molar-refractivity contribution in [3.63, 3.8) is 0 Å². The number of hydrogen-bond acceptors (Lipinski definition) is 5. The van der Waals surface area contributed by atoms with Crippen molar-refractivity contribution < 1.29 is 4.92 Å². The highest BCUT2D eigenvalue weighted by atomic mass is 16.6. The lowest BCUT2D eigenvalue weighted by molar-refractivity contribution is -0.384. The van der Waals surface area contributed by atoms with Crippen LogP contribution in [0.1, 0.15) is 19.8 Å². The van der Waals surface area contributed by atoms with E-state index >= 15 is 0 Å². The molecule has 6 nitrogen and oxygen atoms in total. The summed E-state index contributed by atoms with van der Waals surface area (Å²) in [5.41, 5.74) is 0.0518. The van der Waals surface area contributed by atoms with Crippen molar-refractivity contribution >= 4 is 17.3 Å². The minimum absolute atomic E-state index is 0.0518. The van der Waals surface area contributed by atoms with Crippen LogP contribution in [0.25, 0.3) is 0 Å². The summed E-state index contributed by atoms with van der Waals surface area (Å²) in [7, 11) is 1.70. The summed E-state index contributed by atoms with van der Waals surface area (Å²) in [6.07, 6.45) is 2.60. The van der Waals surface area contributed by atoms with E-state index in [1.54, 1.807) is 7.05 Å². The summed E-state index contributed by atoms with van der Waals surface area (Å²) in [6.45, 7) is 3.00. The predicted octanol–water partition coefficient (Wildman–Crippen LogP) is 2.49. The zero-order valence-electron chi connectivity index (χ0n) is 10.6. The van der Waals surface area contributed by atoms with Crippen LogP contribution in [0.4, 0.5) is 17.3 Å². The highest BCUT2D eigenvalue weighted by Gasteiger charge is 2.27. The summed E-state index contributed by atoms with van der Waals surface area (Å²) in [5.74, 6) is 2.45. The third-order valence-electron chi connectivity index (χ3n) is 3.31. The molecule has 0 radical (unpaired) electrons. The molecule has 1 fully saturated rings. The molecule has 1 aromatic rings. The first-order valence-corrected chi connectivity index (χ1v) is 6.18. The van der Waals surface area contributed by atoms with Gasteiger partial charge in [-0.1, -0.05) is 6.92 Å². The number of hydrogen-bond donors (Lipinski definition) is 2. The Bertz CT molecular complexity index is 446. The van der Waals surface area contributed by atoms with E-state index in [0.29, 0.717) is 17.6 Å². The second-order valence-electron chi connectivity index (χ2n) is 4.80. The molecule has 0 amide bonds. The normalized spacial score (nSPS) is 16.1. The zero-order chi connectivity index (χ0) is 13.1. The van der Waals surface area contributed by atoms with Crippen molar-refractivity contribution in [1.82, 2.24) is 4.98 Å². The molecule has 0 bridgehead atoms. The fourth-order valence-corrected chi connectivity index (χ4v) is 1.94. The summed E-state index contributed by atoms with van der Waals surface area (Å²) < 4.78 is 0. The van der Waals surface area contributed by atoms with Gasteiger partial charge in [0.2, 0.25) is 0 Å². The lowest BCUT2D eigenvalue weighted by atomic mass is 10.1. The Morgan fingerprint density at radius 2 is 2.17 bits per heavy atom. The molecule has 0 spiro atoms. The van der Waals surface area contributed by atoms with Gasteiger partial charge < -0.3 is 10.6 Å². The van der Waals surface area contributed by atoms with E-state index in [2.05, 4.69) is 22.5 Å². The summed E-state index contributed by atoms with van der Waals surface area (Å²) in [5, 5.41) is 16.8. The van der Waals surface area contributed by atoms with Crippen LogP contribution in [-0.2, 0) is 0 Å². The smallest absolute Gasteiger partial charge is 0.276 e. The molecule has 1 heterocycles. The van der Waals surface area contributed by atoms with Crippen LogP contribution in [0.5, 0.6) is 0 Å². The van der Waals surface area contributed by atoms with Crippen LogP contribution >= 0.6 is 0 Å². The second kappa shape index (κ2) is 5.20. The van der Waals surface area contributed by atoms with E-state index < -0.39 is 4.92 Å². The van der Waals surface area contributed by atoms with Crippen LogP contribution in [0.3, 0.4) is 0 Å². The maximum atomic E-state index is 10.8. The quantitative estimate of drug-likeness (QED) is 0.599. The van der Waals surface area contributed by atoms with Crippen molar-refractivity contribution in [2.45, 2.75) is 19.8 Å². The number of rotatable bonds is 6. The molecule has 6 heteroatoms. The van der Waals surface area contributed by atoms with E-state index in [0.717, 1.165) is 12.5 Å². The van der Waals surface area contributed by atoms with Crippen molar-refractivity contribution in [3.05, 3.63) is 22.2 Å². The molecule has 2 rings (SSSR count). The van der Waals surface area contributed by atoms with Crippen molar-refractivity contribution in [2.24, 2.45) is 11.8 Å². The van der Waals surface area contributed by atoms with Crippen LogP contribution < -0.4 is 10.6 Å². The number of pyridine rings is 1. The number of nitrogens with zero attached hydrogens (tertiary/aromatic N) is 2. The molecule has 1 atom stereocenters. The van der Waals surface area contributed by atoms with Gasteiger partial charge in [-0.15, -0.1) is 0 Å². The Hall–Kier alpha value is -1.85. The van der Waals surface area contributed by atoms with Gasteiger partial charge in [-0.25, -0.2) is 4.98 Å².